The molecule has 2 aromatic heterocycles. The maximum Gasteiger partial charge on any atom is 0.142 e. The van der Waals surface area contributed by atoms with Gasteiger partial charge in [0.05, 0.1) is 5.69 Å². The third kappa shape index (κ3) is 2.59. The van der Waals surface area contributed by atoms with Crippen LogP contribution in [-0.4, -0.2) is 20.6 Å². The van der Waals surface area contributed by atoms with E-state index in [-0.39, 0.29) is 0 Å². The van der Waals surface area contributed by atoms with Crippen molar-refractivity contribution in [3.63, 3.8) is 0 Å². The first-order chi connectivity index (χ1) is 8.59. The molecule has 0 saturated carbocycles. The van der Waals surface area contributed by atoms with Gasteiger partial charge >= 0.3 is 0 Å². The summed E-state index contributed by atoms with van der Waals surface area (Å²) in [7, 11) is 0. The molecule has 0 amide bonds. The van der Waals surface area contributed by atoms with Gasteiger partial charge in [0.15, 0.2) is 0 Å². The van der Waals surface area contributed by atoms with E-state index in [2.05, 4.69) is 42.1 Å². The minimum absolute atomic E-state index is 0.462. The Morgan fingerprint density at radius 3 is 2.67 bits per heavy atom. The van der Waals surface area contributed by atoms with Crippen LogP contribution >= 0.6 is 0 Å². The molecule has 0 aromatic carbocycles. The Labute approximate surface area is 108 Å². The molecule has 0 fully saturated rings. The van der Waals surface area contributed by atoms with Gasteiger partial charge in [-0.3, -0.25) is 4.57 Å². The average Bonchev–Trinajstić information content (AvgIpc) is 2.68. The molecule has 0 bridgehead atoms. The SMILES string of the molecule is Cc1ncn(-c2ncccc2CNC(C)C)c1C. The molecular weight excluding hydrogens is 224 g/mol. The fourth-order valence-electron chi connectivity index (χ4n) is 1.81. The van der Waals surface area contributed by atoms with E-state index in [0.717, 1.165) is 23.8 Å². The van der Waals surface area contributed by atoms with Crippen LogP contribution in [0.4, 0.5) is 0 Å². The Morgan fingerprint density at radius 1 is 1.28 bits per heavy atom. The van der Waals surface area contributed by atoms with Crippen molar-refractivity contribution in [1.29, 1.82) is 0 Å². The summed E-state index contributed by atoms with van der Waals surface area (Å²) in [6.45, 7) is 9.18. The summed E-state index contributed by atoms with van der Waals surface area (Å²) in [5, 5.41) is 3.42. The van der Waals surface area contributed by atoms with Crippen molar-refractivity contribution in [2.45, 2.75) is 40.3 Å². The van der Waals surface area contributed by atoms with Gasteiger partial charge in [0.25, 0.3) is 0 Å². The summed E-state index contributed by atoms with van der Waals surface area (Å²) >= 11 is 0. The summed E-state index contributed by atoms with van der Waals surface area (Å²) < 4.78 is 2.05. The van der Waals surface area contributed by atoms with E-state index in [0.29, 0.717) is 6.04 Å². The van der Waals surface area contributed by atoms with Gasteiger partial charge in [-0.15, -0.1) is 0 Å². The Hall–Kier alpha value is -1.68. The van der Waals surface area contributed by atoms with Crippen LogP contribution in [0.5, 0.6) is 0 Å². The molecule has 0 unspecified atom stereocenters. The Morgan fingerprint density at radius 2 is 2.06 bits per heavy atom. The molecule has 96 valence electrons. The predicted octanol–water partition coefficient (Wildman–Crippen LogP) is 2.38. The molecule has 4 heteroatoms. The molecule has 18 heavy (non-hydrogen) atoms. The smallest absolute Gasteiger partial charge is 0.142 e. The molecule has 2 aromatic rings. The van der Waals surface area contributed by atoms with Crippen molar-refractivity contribution < 1.29 is 0 Å². The molecule has 0 aliphatic heterocycles. The maximum absolute atomic E-state index is 4.48. The highest BCUT2D eigenvalue weighted by Crippen LogP contribution is 2.15. The van der Waals surface area contributed by atoms with Crippen molar-refractivity contribution in [2.75, 3.05) is 0 Å². The van der Waals surface area contributed by atoms with Crippen LogP contribution in [-0.2, 0) is 6.54 Å². The number of nitrogens with zero attached hydrogens (tertiary/aromatic N) is 3. The first-order valence-corrected chi connectivity index (χ1v) is 6.27. The quantitative estimate of drug-likeness (QED) is 0.898. The van der Waals surface area contributed by atoms with E-state index in [1.165, 1.54) is 5.56 Å². The van der Waals surface area contributed by atoms with E-state index < -0.39 is 0 Å². The van der Waals surface area contributed by atoms with Crippen LogP contribution in [0.2, 0.25) is 0 Å². The number of rotatable bonds is 4. The zero-order valence-corrected chi connectivity index (χ0v) is 11.4. The van der Waals surface area contributed by atoms with E-state index in [4.69, 9.17) is 0 Å². The number of hydrogen-bond acceptors (Lipinski definition) is 3. The number of aryl methyl sites for hydroxylation is 1. The Bertz CT molecular complexity index is 528. The molecule has 2 rings (SSSR count). The maximum atomic E-state index is 4.48. The van der Waals surface area contributed by atoms with Gasteiger partial charge in [-0.25, -0.2) is 9.97 Å². The first kappa shape index (κ1) is 12.8. The topological polar surface area (TPSA) is 42.7 Å². The Balaban J connectivity index is 2.35. The molecule has 4 nitrogen and oxygen atoms in total. The summed E-state index contributed by atoms with van der Waals surface area (Å²) in [4.78, 5) is 8.82. The molecular formula is C14H20N4. The van der Waals surface area contributed by atoms with Gasteiger partial charge in [0.2, 0.25) is 0 Å². The minimum Gasteiger partial charge on any atom is -0.310 e. The summed E-state index contributed by atoms with van der Waals surface area (Å²) in [5.74, 6) is 0.962. The highest BCUT2D eigenvalue weighted by Gasteiger charge is 2.10. The highest BCUT2D eigenvalue weighted by molar-refractivity contribution is 5.36. The molecule has 2 heterocycles. The van der Waals surface area contributed by atoms with Crippen molar-refractivity contribution in [1.82, 2.24) is 19.9 Å². The molecule has 0 saturated heterocycles. The monoisotopic (exact) mass is 244 g/mol. The van der Waals surface area contributed by atoms with E-state index >= 15 is 0 Å². The number of hydrogen-bond donors (Lipinski definition) is 1. The van der Waals surface area contributed by atoms with E-state index in [1.807, 2.05) is 30.1 Å². The second kappa shape index (κ2) is 5.31. The lowest BCUT2D eigenvalue weighted by Gasteiger charge is -2.13. The minimum atomic E-state index is 0.462. The lowest BCUT2D eigenvalue weighted by molar-refractivity contribution is 0.586. The summed E-state index contributed by atoms with van der Waals surface area (Å²) in [5.41, 5.74) is 3.37. The molecule has 0 aliphatic carbocycles. The van der Waals surface area contributed by atoms with Crippen molar-refractivity contribution >= 4 is 0 Å². The molecule has 0 aliphatic rings. The average molecular weight is 244 g/mol. The van der Waals surface area contributed by atoms with Gasteiger partial charge in [0, 0.05) is 30.0 Å². The van der Waals surface area contributed by atoms with Crippen LogP contribution in [0.1, 0.15) is 30.8 Å². The third-order valence-electron chi connectivity index (χ3n) is 3.05. The summed E-state index contributed by atoms with van der Waals surface area (Å²) in [6.07, 6.45) is 3.66. The number of aromatic nitrogens is 3. The zero-order valence-electron chi connectivity index (χ0n) is 11.4. The number of imidazole rings is 1. The standard InChI is InChI=1S/C14H20N4/c1-10(2)16-8-13-6-5-7-15-14(13)18-9-17-11(3)12(18)4/h5-7,9-10,16H,8H2,1-4H3. The first-order valence-electron chi connectivity index (χ1n) is 6.27. The van der Waals surface area contributed by atoms with E-state index in [1.54, 1.807) is 0 Å². The van der Waals surface area contributed by atoms with Gasteiger partial charge in [-0.1, -0.05) is 19.9 Å². The van der Waals surface area contributed by atoms with Crippen LogP contribution in [0.15, 0.2) is 24.7 Å². The fraction of sp³-hybridized carbons (Fsp3) is 0.429. The molecule has 0 atom stereocenters. The molecule has 0 spiro atoms. The number of nitrogens with one attached hydrogen (secondary N) is 1. The lowest BCUT2D eigenvalue weighted by atomic mass is 10.2. The van der Waals surface area contributed by atoms with Crippen molar-refractivity contribution in [3.05, 3.63) is 41.6 Å². The van der Waals surface area contributed by atoms with Crippen molar-refractivity contribution in [3.8, 4) is 5.82 Å². The summed E-state index contributed by atoms with van der Waals surface area (Å²) in [6, 6.07) is 4.54. The third-order valence-corrected chi connectivity index (χ3v) is 3.05. The van der Waals surface area contributed by atoms with Crippen LogP contribution in [0.3, 0.4) is 0 Å². The number of pyridine rings is 1. The Kier molecular flexibility index (Phi) is 3.77. The lowest BCUT2D eigenvalue weighted by Crippen LogP contribution is -2.23. The van der Waals surface area contributed by atoms with Crippen LogP contribution in [0, 0.1) is 13.8 Å². The largest absolute Gasteiger partial charge is 0.310 e. The van der Waals surface area contributed by atoms with E-state index in [9.17, 15) is 0 Å². The molecule has 1 N–H and O–H groups in total. The van der Waals surface area contributed by atoms with Crippen LogP contribution < -0.4 is 5.32 Å². The second-order valence-corrected chi connectivity index (χ2v) is 4.81. The van der Waals surface area contributed by atoms with Gasteiger partial charge in [-0.05, 0) is 19.9 Å². The van der Waals surface area contributed by atoms with Crippen LogP contribution in [0.25, 0.3) is 5.82 Å². The normalized spacial score (nSPS) is 11.2. The predicted molar refractivity (Wildman–Crippen MR) is 72.8 cm³/mol. The zero-order chi connectivity index (χ0) is 13.1. The highest BCUT2D eigenvalue weighted by atomic mass is 15.1. The van der Waals surface area contributed by atoms with Gasteiger partial charge in [-0.2, -0.15) is 0 Å². The van der Waals surface area contributed by atoms with Gasteiger partial charge in [0.1, 0.15) is 12.1 Å². The molecule has 0 radical (unpaired) electrons. The van der Waals surface area contributed by atoms with Crippen molar-refractivity contribution in [2.24, 2.45) is 0 Å². The fourth-order valence-corrected chi connectivity index (χ4v) is 1.81. The second-order valence-electron chi connectivity index (χ2n) is 4.81. The van der Waals surface area contributed by atoms with Gasteiger partial charge < -0.3 is 5.32 Å².